The van der Waals surface area contributed by atoms with Gasteiger partial charge in [-0.05, 0) is 55.5 Å². The smallest absolute Gasteiger partial charge is 0.265 e. The van der Waals surface area contributed by atoms with Crippen LogP contribution in [-0.4, -0.2) is 17.0 Å². The molecule has 1 atom stereocenters. The van der Waals surface area contributed by atoms with Crippen molar-refractivity contribution in [2.45, 2.75) is 13.0 Å². The number of nitrogens with zero attached hydrogens (tertiary/aromatic N) is 1. The van der Waals surface area contributed by atoms with Crippen molar-refractivity contribution in [3.8, 4) is 17.2 Å². The van der Waals surface area contributed by atoms with Gasteiger partial charge in [0, 0.05) is 10.6 Å². The molecule has 0 unspecified atom stereocenters. The van der Waals surface area contributed by atoms with Crippen LogP contribution in [0.4, 0.5) is 5.69 Å². The Bertz CT molecular complexity index is 1210. The fraction of sp³-hybridized carbons (Fsp3) is 0.0909. The van der Waals surface area contributed by atoms with Crippen molar-refractivity contribution in [2.75, 3.05) is 5.32 Å². The number of benzene rings is 3. The summed E-state index contributed by atoms with van der Waals surface area (Å²) in [5.74, 6) is 0.397. The average Bonchev–Trinajstić information content (AvgIpc) is 3.16. The molecular weight excluding hydrogens is 447 g/mol. The summed E-state index contributed by atoms with van der Waals surface area (Å²) in [6.07, 6.45) is -0.826. The molecule has 0 aliphatic carbocycles. The van der Waals surface area contributed by atoms with E-state index < -0.39 is 12.0 Å². The zero-order chi connectivity index (χ0) is 21.3. The van der Waals surface area contributed by atoms with Crippen LogP contribution in [0.1, 0.15) is 6.92 Å². The number of hydrogen-bond donors (Lipinski definition) is 1. The second-order valence-corrected chi connectivity index (χ2v) is 7.76. The van der Waals surface area contributed by atoms with Crippen LogP contribution in [0.2, 0.25) is 15.1 Å². The predicted molar refractivity (Wildman–Crippen MR) is 120 cm³/mol. The van der Waals surface area contributed by atoms with Crippen molar-refractivity contribution in [1.29, 1.82) is 0 Å². The van der Waals surface area contributed by atoms with E-state index in [4.69, 9.17) is 44.0 Å². The lowest BCUT2D eigenvalue weighted by molar-refractivity contribution is -0.122. The van der Waals surface area contributed by atoms with E-state index in [1.54, 1.807) is 43.3 Å². The molecule has 0 saturated carbocycles. The van der Waals surface area contributed by atoms with Crippen molar-refractivity contribution >= 4 is 57.5 Å². The van der Waals surface area contributed by atoms with Gasteiger partial charge in [0.25, 0.3) is 5.91 Å². The van der Waals surface area contributed by atoms with Crippen LogP contribution >= 0.6 is 34.8 Å². The maximum atomic E-state index is 12.6. The van der Waals surface area contributed by atoms with Crippen LogP contribution in [0.15, 0.2) is 65.1 Å². The van der Waals surface area contributed by atoms with E-state index in [-0.39, 0.29) is 0 Å². The maximum Gasteiger partial charge on any atom is 0.265 e. The van der Waals surface area contributed by atoms with Crippen molar-refractivity contribution in [1.82, 2.24) is 4.98 Å². The van der Waals surface area contributed by atoms with Crippen molar-refractivity contribution in [2.24, 2.45) is 0 Å². The molecule has 30 heavy (non-hydrogen) atoms. The molecule has 3 aromatic carbocycles. The molecule has 0 aliphatic heterocycles. The highest BCUT2D eigenvalue weighted by atomic mass is 35.5. The number of nitrogens with one attached hydrogen (secondary N) is 1. The monoisotopic (exact) mass is 460 g/mol. The van der Waals surface area contributed by atoms with Gasteiger partial charge in [-0.1, -0.05) is 46.9 Å². The average molecular weight is 462 g/mol. The number of carbonyl (C=O) groups is 1. The highest BCUT2D eigenvalue weighted by Gasteiger charge is 2.19. The summed E-state index contributed by atoms with van der Waals surface area (Å²) in [4.78, 5) is 17.1. The molecule has 4 rings (SSSR count). The first-order chi connectivity index (χ1) is 14.4. The normalized spacial score (nSPS) is 12.0. The Balaban J connectivity index is 1.53. The molecule has 0 radical (unpaired) electrons. The number of ether oxygens (including phenoxy) is 1. The lowest BCUT2D eigenvalue weighted by Crippen LogP contribution is -2.30. The summed E-state index contributed by atoms with van der Waals surface area (Å²) < 4.78 is 11.4. The molecule has 0 fully saturated rings. The Hall–Kier alpha value is -2.73. The van der Waals surface area contributed by atoms with Crippen LogP contribution < -0.4 is 10.1 Å². The molecule has 5 nitrogen and oxygen atoms in total. The minimum Gasteiger partial charge on any atom is -0.479 e. The standard InChI is InChI=1S/C22H15Cl3N2O3/c1-12(29-19-9-7-14(23)11-16(19)25)21(28)26-18-10-13(6-8-15(18)24)22-27-17-4-2-3-5-20(17)30-22/h2-12H,1H3,(H,26,28)/t12-/m0/s1. The zero-order valence-electron chi connectivity index (χ0n) is 15.7. The quantitative estimate of drug-likeness (QED) is 0.352. The molecule has 0 saturated heterocycles. The van der Waals surface area contributed by atoms with Gasteiger partial charge in [0.1, 0.15) is 11.3 Å². The van der Waals surface area contributed by atoms with Gasteiger partial charge >= 0.3 is 0 Å². The van der Waals surface area contributed by atoms with Crippen LogP contribution in [-0.2, 0) is 4.79 Å². The third-order valence-electron chi connectivity index (χ3n) is 4.33. The van der Waals surface area contributed by atoms with Gasteiger partial charge in [0.2, 0.25) is 5.89 Å². The molecule has 152 valence electrons. The van der Waals surface area contributed by atoms with E-state index in [9.17, 15) is 4.79 Å². The number of aromatic nitrogens is 1. The van der Waals surface area contributed by atoms with E-state index in [0.29, 0.717) is 43.5 Å². The van der Waals surface area contributed by atoms with Crippen molar-refractivity contribution in [3.05, 3.63) is 75.7 Å². The molecule has 4 aromatic rings. The van der Waals surface area contributed by atoms with E-state index in [1.165, 1.54) is 0 Å². The molecular formula is C22H15Cl3N2O3. The Labute approximate surface area is 187 Å². The van der Waals surface area contributed by atoms with Gasteiger partial charge in [0.15, 0.2) is 11.7 Å². The molecule has 0 aliphatic rings. The number of rotatable bonds is 5. The number of hydrogen-bond acceptors (Lipinski definition) is 4. The van der Waals surface area contributed by atoms with E-state index >= 15 is 0 Å². The number of carbonyl (C=O) groups excluding carboxylic acids is 1. The van der Waals surface area contributed by atoms with Gasteiger partial charge in [-0.2, -0.15) is 0 Å². The Morgan fingerprint density at radius 3 is 2.60 bits per heavy atom. The van der Waals surface area contributed by atoms with Gasteiger partial charge in [-0.15, -0.1) is 0 Å². The maximum absolute atomic E-state index is 12.6. The fourth-order valence-corrected chi connectivity index (χ4v) is 3.42. The first kappa shape index (κ1) is 20.5. The summed E-state index contributed by atoms with van der Waals surface area (Å²) in [6, 6.07) is 17.4. The highest BCUT2D eigenvalue weighted by molar-refractivity contribution is 6.35. The predicted octanol–water partition coefficient (Wildman–Crippen LogP) is 6.86. The second-order valence-electron chi connectivity index (χ2n) is 6.51. The summed E-state index contributed by atoms with van der Waals surface area (Å²) in [7, 11) is 0. The first-order valence-electron chi connectivity index (χ1n) is 8.99. The van der Waals surface area contributed by atoms with Gasteiger partial charge in [0.05, 0.1) is 15.7 Å². The molecule has 1 N–H and O–H groups in total. The molecule has 1 aromatic heterocycles. The summed E-state index contributed by atoms with van der Waals surface area (Å²) in [5.41, 5.74) is 2.52. The summed E-state index contributed by atoms with van der Waals surface area (Å²) >= 11 is 18.3. The summed E-state index contributed by atoms with van der Waals surface area (Å²) in [6.45, 7) is 1.61. The largest absolute Gasteiger partial charge is 0.479 e. The van der Waals surface area contributed by atoms with E-state index in [0.717, 1.165) is 5.52 Å². The molecule has 1 amide bonds. The Morgan fingerprint density at radius 1 is 1.03 bits per heavy atom. The SMILES string of the molecule is C[C@H](Oc1ccc(Cl)cc1Cl)C(=O)Nc1cc(-c2nc3ccccc3o2)ccc1Cl. The first-order valence-corrected chi connectivity index (χ1v) is 10.1. The summed E-state index contributed by atoms with van der Waals surface area (Å²) in [5, 5.41) is 3.94. The Kier molecular flexibility index (Phi) is 5.86. The van der Waals surface area contributed by atoms with Gasteiger partial charge in [-0.25, -0.2) is 4.98 Å². The number of para-hydroxylation sites is 2. The highest BCUT2D eigenvalue weighted by Crippen LogP contribution is 2.31. The van der Waals surface area contributed by atoms with Crippen LogP contribution in [0.25, 0.3) is 22.6 Å². The molecule has 0 spiro atoms. The number of fused-ring (bicyclic) bond motifs is 1. The zero-order valence-corrected chi connectivity index (χ0v) is 17.9. The van der Waals surface area contributed by atoms with Crippen LogP contribution in [0.5, 0.6) is 5.75 Å². The minimum absolute atomic E-state index is 0.318. The van der Waals surface area contributed by atoms with Crippen molar-refractivity contribution in [3.63, 3.8) is 0 Å². The van der Waals surface area contributed by atoms with Gasteiger partial charge in [-0.3, -0.25) is 4.79 Å². The number of halogens is 3. The lowest BCUT2D eigenvalue weighted by Gasteiger charge is -2.16. The third-order valence-corrected chi connectivity index (χ3v) is 5.19. The molecule has 0 bridgehead atoms. The third kappa shape index (κ3) is 4.38. The molecule has 1 heterocycles. The molecule has 8 heteroatoms. The minimum atomic E-state index is -0.826. The Morgan fingerprint density at radius 2 is 1.83 bits per heavy atom. The van der Waals surface area contributed by atoms with Crippen LogP contribution in [0, 0.1) is 0 Å². The number of oxazole rings is 1. The van der Waals surface area contributed by atoms with Crippen molar-refractivity contribution < 1.29 is 13.9 Å². The topological polar surface area (TPSA) is 64.4 Å². The fourth-order valence-electron chi connectivity index (χ4n) is 2.80. The van der Waals surface area contributed by atoms with E-state index in [1.807, 2.05) is 24.3 Å². The van der Waals surface area contributed by atoms with Crippen LogP contribution in [0.3, 0.4) is 0 Å². The number of anilines is 1. The van der Waals surface area contributed by atoms with Gasteiger partial charge < -0.3 is 14.5 Å². The lowest BCUT2D eigenvalue weighted by atomic mass is 10.2. The number of amides is 1. The second kappa shape index (κ2) is 8.56. The van der Waals surface area contributed by atoms with E-state index in [2.05, 4.69) is 10.3 Å².